The van der Waals surface area contributed by atoms with E-state index >= 15 is 0 Å². The van der Waals surface area contributed by atoms with Crippen LogP contribution in [0.3, 0.4) is 0 Å². The van der Waals surface area contributed by atoms with Gasteiger partial charge in [-0.1, -0.05) is 6.92 Å². The molecule has 0 aromatic heterocycles. The van der Waals surface area contributed by atoms with Crippen LogP contribution in [0.1, 0.15) is 37.0 Å². The number of hydrogen-bond acceptors (Lipinski definition) is 2. The van der Waals surface area contributed by atoms with E-state index in [2.05, 4.69) is 11.8 Å². The molecule has 0 amide bonds. The van der Waals surface area contributed by atoms with Crippen LogP contribution < -0.4 is 4.90 Å². The maximum atomic E-state index is 13.9. The second-order valence-corrected chi connectivity index (χ2v) is 4.92. The molecule has 17 heavy (non-hydrogen) atoms. The second-order valence-electron chi connectivity index (χ2n) is 4.92. The molecular weight excluding hydrogens is 217 g/mol. The van der Waals surface area contributed by atoms with Crippen LogP contribution in [0.4, 0.5) is 10.1 Å². The first kappa shape index (κ1) is 12.1. The topological polar surface area (TPSA) is 20.3 Å². The van der Waals surface area contributed by atoms with Gasteiger partial charge in [-0.05, 0) is 43.9 Å². The number of benzene rings is 1. The molecule has 3 heteroatoms. The van der Waals surface area contributed by atoms with Gasteiger partial charge in [-0.15, -0.1) is 0 Å². The molecule has 2 rings (SSSR count). The zero-order chi connectivity index (χ0) is 12.4. The first-order valence-corrected chi connectivity index (χ1v) is 6.13. The fraction of sp³-hybridized carbons (Fsp3) is 0.500. The highest BCUT2D eigenvalue weighted by atomic mass is 19.1. The molecule has 0 spiro atoms. The van der Waals surface area contributed by atoms with Crippen molar-refractivity contribution < 1.29 is 9.18 Å². The van der Waals surface area contributed by atoms with Crippen molar-refractivity contribution in [3.8, 4) is 0 Å². The van der Waals surface area contributed by atoms with E-state index in [1.54, 1.807) is 12.1 Å². The van der Waals surface area contributed by atoms with Crippen molar-refractivity contribution in [2.24, 2.45) is 5.92 Å². The summed E-state index contributed by atoms with van der Waals surface area (Å²) < 4.78 is 13.9. The minimum absolute atomic E-state index is 0.0949. The number of Topliss-reactive ketones (excluding diaryl/α,β-unsaturated/α-hetero) is 1. The molecule has 0 aliphatic carbocycles. The average Bonchev–Trinajstić information content (AvgIpc) is 2.28. The third-order valence-corrected chi connectivity index (χ3v) is 3.35. The second kappa shape index (κ2) is 4.86. The lowest BCUT2D eigenvalue weighted by Gasteiger charge is -2.33. The predicted molar refractivity (Wildman–Crippen MR) is 67.0 cm³/mol. The van der Waals surface area contributed by atoms with E-state index in [-0.39, 0.29) is 11.6 Å². The minimum Gasteiger partial charge on any atom is -0.369 e. The maximum absolute atomic E-state index is 13.9. The largest absolute Gasteiger partial charge is 0.369 e. The monoisotopic (exact) mass is 235 g/mol. The van der Waals surface area contributed by atoms with Crippen molar-refractivity contribution in [3.63, 3.8) is 0 Å². The molecule has 92 valence electrons. The van der Waals surface area contributed by atoms with Gasteiger partial charge >= 0.3 is 0 Å². The molecule has 1 heterocycles. The summed E-state index contributed by atoms with van der Waals surface area (Å²) in [6.07, 6.45) is 2.32. The highest BCUT2D eigenvalue weighted by molar-refractivity contribution is 5.94. The molecule has 1 saturated heterocycles. The number of nitrogens with zero attached hydrogens (tertiary/aromatic N) is 1. The molecule has 1 aromatic carbocycles. The summed E-state index contributed by atoms with van der Waals surface area (Å²) in [4.78, 5) is 13.2. The van der Waals surface area contributed by atoms with E-state index < -0.39 is 0 Å². The summed E-state index contributed by atoms with van der Waals surface area (Å²) in [5.41, 5.74) is 1.07. The summed E-state index contributed by atoms with van der Waals surface area (Å²) in [5.74, 6) is 0.227. The van der Waals surface area contributed by atoms with Crippen LogP contribution in [0.5, 0.6) is 0 Å². The molecule has 0 radical (unpaired) electrons. The number of carbonyl (C=O) groups excluding carboxylic acids is 1. The minimum atomic E-state index is -0.285. The quantitative estimate of drug-likeness (QED) is 0.733. The van der Waals surface area contributed by atoms with Gasteiger partial charge in [-0.25, -0.2) is 4.39 Å². The number of carbonyl (C=O) groups is 1. The fourth-order valence-corrected chi connectivity index (χ4v) is 2.39. The van der Waals surface area contributed by atoms with E-state index in [1.807, 2.05) is 0 Å². The number of rotatable bonds is 2. The standard InChI is InChI=1S/C14H18FNO/c1-10-4-3-7-16(9-10)14-6-5-12(11(2)17)8-13(14)15/h5-6,8,10H,3-4,7,9H2,1-2H3/t10-/m0/s1. The van der Waals surface area contributed by atoms with Crippen molar-refractivity contribution in [3.05, 3.63) is 29.6 Å². The molecule has 1 atom stereocenters. The number of anilines is 1. The van der Waals surface area contributed by atoms with Gasteiger partial charge in [-0.3, -0.25) is 4.79 Å². The van der Waals surface area contributed by atoms with Crippen molar-refractivity contribution in [1.29, 1.82) is 0 Å². The van der Waals surface area contributed by atoms with Gasteiger partial charge in [-0.2, -0.15) is 0 Å². The lowest BCUT2D eigenvalue weighted by Crippen LogP contribution is -2.34. The molecule has 0 bridgehead atoms. The Morgan fingerprint density at radius 1 is 1.47 bits per heavy atom. The van der Waals surface area contributed by atoms with Gasteiger partial charge < -0.3 is 4.90 Å². The van der Waals surface area contributed by atoms with Gasteiger partial charge in [0.05, 0.1) is 5.69 Å². The fourth-order valence-electron chi connectivity index (χ4n) is 2.39. The Morgan fingerprint density at radius 2 is 2.24 bits per heavy atom. The molecule has 1 aliphatic heterocycles. The maximum Gasteiger partial charge on any atom is 0.159 e. The summed E-state index contributed by atoms with van der Waals surface area (Å²) in [6.45, 7) is 5.45. The highest BCUT2D eigenvalue weighted by Crippen LogP contribution is 2.26. The van der Waals surface area contributed by atoms with Gasteiger partial charge in [0.1, 0.15) is 5.82 Å². The zero-order valence-corrected chi connectivity index (χ0v) is 10.4. The van der Waals surface area contributed by atoms with Gasteiger partial charge in [0.2, 0.25) is 0 Å². The Morgan fingerprint density at radius 3 is 2.82 bits per heavy atom. The molecule has 1 aliphatic rings. The van der Waals surface area contributed by atoms with Gasteiger partial charge in [0.25, 0.3) is 0 Å². The molecule has 1 fully saturated rings. The summed E-state index contributed by atoms with van der Waals surface area (Å²) in [7, 11) is 0. The van der Waals surface area contributed by atoms with Crippen molar-refractivity contribution in [2.75, 3.05) is 18.0 Å². The van der Waals surface area contributed by atoms with Crippen LogP contribution in [-0.4, -0.2) is 18.9 Å². The predicted octanol–water partition coefficient (Wildman–Crippen LogP) is 3.26. The van der Waals surface area contributed by atoms with E-state index in [0.717, 1.165) is 19.5 Å². The Hall–Kier alpha value is -1.38. The third-order valence-electron chi connectivity index (χ3n) is 3.35. The first-order valence-electron chi connectivity index (χ1n) is 6.13. The van der Waals surface area contributed by atoms with Crippen molar-refractivity contribution >= 4 is 11.5 Å². The van der Waals surface area contributed by atoms with E-state index in [0.29, 0.717) is 17.2 Å². The molecule has 0 N–H and O–H groups in total. The normalized spacial score (nSPS) is 20.4. The van der Waals surface area contributed by atoms with Crippen LogP contribution in [0.2, 0.25) is 0 Å². The summed E-state index contributed by atoms with van der Waals surface area (Å²) in [6, 6.07) is 4.78. The van der Waals surface area contributed by atoms with Gasteiger partial charge in [0.15, 0.2) is 5.78 Å². The Balaban J connectivity index is 2.23. The van der Waals surface area contributed by atoms with Crippen molar-refractivity contribution in [2.45, 2.75) is 26.7 Å². The van der Waals surface area contributed by atoms with Crippen LogP contribution >= 0.6 is 0 Å². The lowest BCUT2D eigenvalue weighted by molar-refractivity contribution is 0.101. The Labute approximate surface area is 101 Å². The lowest BCUT2D eigenvalue weighted by atomic mass is 9.99. The molecule has 1 aromatic rings. The number of halogens is 1. The van der Waals surface area contributed by atoms with Crippen LogP contribution in [0.15, 0.2) is 18.2 Å². The van der Waals surface area contributed by atoms with Crippen LogP contribution in [0, 0.1) is 11.7 Å². The molecule has 0 saturated carbocycles. The number of hydrogen-bond donors (Lipinski definition) is 0. The molecule has 2 nitrogen and oxygen atoms in total. The third kappa shape index (κ3) is 2.65. The zero-order valence-electron chi connectivity index (χ0n) is 10.4. The van der Waals surface area contributed by atoms with E-state index in [9.17, 15) is 9.18 Å². The number of ketones is 1. The van der Waals surface area contributed by atoms with Crippen molar-refractivity contribution in [1.82, 2.24) is 0 Å². The Bertz CT molecular complexity index is 430. The Kier molecular flexibility index (Phi) is 3.46. The smallest absolute Gasteiger partial charge is 0.159 e. The summed E-state index contributed by atoms with van der Waals surface area (Å²) in [5, 5.41) is 0. The SMILES string of the molecule is CC(=O)c1ccc(N2CCC[C@H](C)C2)c(F)c1. The van der Waals surface area contributed by atoms with E-state index in [4.69, 9.17) is 0 Å². The van der Waals surface area contributed by atoms with E-state index in [1.165, 1.54) is 19.4 Å². The van der Waals surface area contributed by atoms with Crippen LogP contribution in [0.25, 0.3) is 0 Å². The van der Waals surface area contributed by atoms with Gasteiger partial charge in [0, 0.05) is 18.7 Å². The van der Waals surface area contributed by atoms with Crippen LogP contribution in [-0.2, 0) is 0 Å². The summed E-state index contributed by atoms with van der Waals surface area (Å²) >= 11 is 0. The molecule has 0 unspecified atom stereocenters. The molecular formula is C14H18FNO. The highest BCUT2D eigenvalue weighted by Gasteiger charge is 2.19. The first-order chi connectivity index (χ1) is 8.08. The average molecular weight is 235 g/mol. The number of piperidine rings is 1.